The van der Waals surface area contributed by atoms with Crippen molar-refractivity contribution in [2.24, 2.45) is 0 Å². The molecule has 0 unspecified atom stereocenters. The molecule has 0 aliphatic carbocycles. The summed E-state index contributed by atoms with van der Waals surface area (Å²) in [6.07, 6.45) is 3.44. The van der Waals surface area contributed by atoms with Gasteiger partial charge in [0.2, 0.25) is 0 Å². The van der Waals surface area contributed by atoms with Crippen LogP contribution < -0.4 is 4.74 Å². The van der Waals surface area contributed by atoms with Crippen molar-refractivity contribution in [3.63, 3.8) is 0 Å². The first-order valence-electron chi connectivity index (χ1n) is 5.30. The number of hydrogen-bond donors (Lipinski definition) is 1. The number of rotatable bonds is 5. The lowest BCUT2D eigenvalue weighted by Crippen LogP contribution is -2.09. The van der Waals surface area contributed by atoms with Crippen LogP contribution in [0.1, 0.15) is 10.4 Å². The average molecular weight is 250 g/mol. The molecule has 18 heavy (non-hydrogen) atoms. The minimum Gasteiger partial charge on any atom is -0.492 e. The Balaban J connectivity index is 1.94. The molecule has 0 atom stereocenters. The van der Waals surface area contributed by atoms with Crippen molar-refractivity contribution in [3.05, 3.63) is 48.0 Å². The van der Waals surface area contributed by atoms with Gasteiger partial charge in [-0.05, 0) is 18.2 Å². The van der Waals surface area contributed by atoms with Gasteiger partial charge in [-0.25, -0.2) is 9.18 Å². The third-order valence-corrected chi connectivity index (χ3v) is 2.32. The number of halogens is 1. The highest BCUT2D eigenvalue weighted by molar-refractivity contribution is 5.88. The Morgan fingerprint density at radius 2 is 2.33 bits per heavy atom. The van der Waals surface area contributed by atoms with E-state index >= 15 is 0 Å². The molecule has 0 saturated heterocycles. The number of carboxylic acid groups (broad SMARTS) is 1. The minimum atomic E-state index is -1.30. The molecule has 0 aliphatic heterocycles. The summed E-state index contributed by atoms with van der Waals surface area (Å²) in [6, 6.07) is 5.46. The van der Waals surface area contributed by atoms with Crippen LogP contribution in [0.3, 0.4) is 0 Å². The molecule has 0 bridgehead atoms. The molecule has 2 aromatic rings. The Bertz CT molecular complexity index is 540. The monoisotopic (exact) mass is 250 g/mol. The van der Waals surface area contributed by atoms with Gasteiger partial charge < -0.3 is 9.84 Å². The zero-order chi connectivity index (χ0) is 13.0. The Kier molecular flexibility index (Phi) is 3.57. The van der Waals surface area contributed by atoms with Crippen molar-refractivity contribution in [3.8, 4) is 5.75 Å². The fraction of sp³-hybridized carbons (Fsp3) is 0.167. The van der Waals surface area contributed by atoms with Crippen LogP contribution in [0.15, 0.2) is 36.7 Å². The second-order valence-electron chi connectivity index (χ2n) is 3.56. The molecular formula is C12H11FN2O3. The fourth-order valence-electron chi connectivity index (χ4n) is 1.45. The van der Waals surface area contributed by atoms with E-state index in [1.807, 2.05) is 0 Å². The number of hydrogen-bond acceptors (Lipinski definition) is 3. The van der Waals surface area contributed by atoms with Crippen LogP contribution >= 0.6 is 0 Å². The van der Waals surface area contributed by atoms with Crippen molar-refractivity contribution >= 4 is 5.97 Å². The van der Waals surface area contributed by atoms with Gasteiger partial charge in [0.25, 0.3) is 0 Å². The van der Waals surface area contributed by atoms with Crippen LogP contribution in [-0.4, -0.2) is 27.5 Å². The molecule has 0 amide bonds. The van der Waals surface area contributed by atoms with E-state index in [1.165, 1.54) is 12.1 Å². The first-order chi connectivity index (χ1) is 8.66. The van der Waals surface area contributed by atoms with Crippen molar-refractivity contribution in [2.75, 3.05) is 6.61 Å². The predicted molar refractivity (Wildman–Crippen MR) is 61.1 cm³/mol. The van der Waals surface area contributed by atoms with Crippen LogP contribution in [0.4, 0.5) is 4.39 Å². The van der Waals surface area contributed by atoms with Gasteiger partial charge >= 0.3 is 5.97 Å². The van der Waals surface area contributed by atoms with Gasteiger partial charge in [0.1, 0.15) is 18.2 Å². The molecule has 94 valence electrons. The molecule has 0 radical (unpaired) electrons. The van der Waals surface area contributed by atoms with Gasteiger partial charge in [0.05, 0.1) is 12.1 Å². The van der Waals surface area contributed by atoms with E-state index < -0.39 is 11.8 Å². The molecule has 1 aromatic heterocycles. The van der Waals surface area contributed by atoms with Gasteiger partial charge in [-0.2, -0.15) is 5.10 Å². The smallest absolute Gasteiger partial charge is 0.338 e. The second-order valence-corrected chi connectivity index (χ2v) is 3.56. The summed E-state index contributed by atoms with van der Waals surface area (Å²) in [5.74, 6) is -1.81. The highest BCUT2D eigenvalue weighted by Gasteiger charge is 2.10. The molecule has 0 fully saturated rings. The van der Waals surface area contributed by atoms with Crippen LogP contribution in [0.25, 0.3) is 0 Å². The SMILES string of the molecule is O=C(O)c1ccc(OCCn2cccn2)cc1F. The third kappa shape index (κ3) is 2.85. The summed E-state index contributed by atoms with van der Waals surface area (Å²) in [5.41, 5.74) is -0.366. The number of carboxylic acids is 1. The Hall–Kier alpha value is -2.37. The third-order valence-electron chi connectivity index (χ3n) is 2.32. The maximum absolute atomic E-state index is 13.3. The van der Waals surface area contributed by atoms with E-state index in [-0.39, 0.29) is 5.56 Å². The van der Waals surface area contributed by atoms with Crippen molar-refractivity contribution in [1.82, 2.24) is 9.78 Å². The van der Waals surface area contributed by atoms with Gasteiger partial charge in [0.15, 0.2) is 0 Å². The van der Waals surface area contributed by atoms with Gasteiger partial charge in [-0.3, -0.25) is 4.68 Å². The molecule has 1 aromatic carbocycles. The van der Waals surface area contributed by atoms with Gasteiger partial charge in [-0.1, -0.05) is 0 Å². The first-order valence-corrected chi connectivity index (χ1v) is 5.30. The summed E-state index contributed by atoms with van der Waals surface area (Å²) < 4.78 is 20.3. The average Bonchev–Trinajstić information content (AvgIpc) is 2.81. The number of carbonyl (C=O) groups is 1. The minimum absolute atomic E-state index is 0.296. The van der Waals surface area contributed by atoms with Gasteiger partial charge in [-0.15, -0.1) is 0 Å². The number of aromatic nitrogens is 2. The van der Waals surface area contributed by atoms with Crippen LogP contribution in [0, 0.1) is 5.82 Å². The molecule has 1 N–H and O–H groups in total. The summed E-state index contributed by atoms with van der Waals surface area (Å²) >= 11 is 0. The second kappa shape index (κ2) is 5.31. The lowest BCUT2D eigenvalue weighted by molar-refractivity contribution is 0.0692. The maximum atomic E-state index is 13.3. The Labute approximate surface area is 102 Å². The summed E-state index contributed by atoms with van der Waals surface area (Å²) in [5, 5.41) is 12.7. The van der Waals surface area contributed by atoms with E-state index in [9.17, 15) is 9.18 Å². The number of aromatic carboxylic acids is 1. The zero-order valence-electron chi connectivity index (χ0n) is 9.41. The lowest BCUT2D eigenvalue weighted by Gasteiger charge is -2.07. The van der Waals surface area contributed by atoms with Crippen molar-refractivity contribution in [2.45, 2.75) is 6.54 Å². The fourth-order valence-corrected chi connectivity index (χ4v) is 1.45. The van der Waals surface area contributed by atoms with E-state index in [2.05, 4.69) is 5.10 Å². The quantitative estimate of drug-likeness (QED) is 0.878. The molecule has 0 spiro atoms. The normalized spacial score (nSPS) is 10.3. The predicted octanol–water partition coefficient (Wildman–Crippen LogP) is 1.80. The highest BCUT2D eigenvalue weighted by atomic mass is 19.1. The number of ether oxygens (including phenoxy) is 1. The Morgan fingerprint density at radius 3 is 2.94 bits per heavy atom. The van der Waals surface area contributed by atoms with E-state index in [1.54, 1.807) is 23.1 Å². The molecular weight excluding hydrogens is 239 g/mol. The highest BCUT2D eigenvalue weighted by Crippen LogP contribution is 2.16. The molecule has 5 nitrogen and oxygen atoms in total. The van der Waals surface area contributed by atoms with Crippen molar-refractivity contribution < 1.29 is 19.0 Å². The van der Waals surface area contributed by atoms with E-state index in [0.29, 0.717) is 18.9 Å². The molecule has 0 aliphatic rings. The Morgan fingerprint density at radius 1 is 1.50 bits per heavy atom. The molecule has 1 heterocycles. The summed E-state index contributed by atoms with van der Waals surface area (Å²) in [4.78, 5) is 10.6. The topological polar surface area (TPSA) is 64.3 Å². The first kappa shape index (κ1) is 12.1. The zero-order valence-corrected chi connectivity index (χ0v) is 9.41. The molecule has 0 saturated carbocycles. The van der Waals surface area contributed by atoms with Crippen molar-refractivity contribution in [1.29, 1.82) is 0 Å². The summed E-state index contributed by atoms with van der Waals surface area (Å²) in [7, 11) is 0. The lowest BCUT2D eigenvalue weighted by atomic mass is 10.2. The molecule has 2 rings (SSSR count). The van der Waals surface area contributed by atoms with E-state index in [4.69, 9.17) is 9.84 Å². The number of nitrogens with zero attached hydrogens (tertiary/aromatic N) is 2. The van der Waals surface area contributed by atoms with Crippen LogP contribution in [0.2, 0.25) is 0 Å². The van der Waals surface area contributed by atoms with Crippen LogP contribution in [0.5, 0.6) is 5.75 Å². The van der Waals surface area contributed by atoms with Gasteiger partial charge in [0, 0.05) is 18.5 Å². The largest absolute Gasteiger partial charge is 0.492 e. The summed E-state index contributed by atoms with van der Waals surface area (Å²) in [6.45, 7) is 0.864. The maximum Gasteiger partial charge on any atom is 0.338 e. The van der Waals surface area contributed by atoms with E-state index in [0.717, 1.165) is 6.07 Å². The molecule has 6 heteroatoms. The standard InChI is InChI=1S/C12H11FN2O3/c13-11-8-9(2-3-10(11)12(16)17)18-7-6-15-5-1-4-14-15/h1-5,8H,6-7H2,(H,16,17). The van der Waals surface area contributed by atoms with Crippen LogP contribution in [-0.2, 0) is 6.54 Å². The number of benzene rings is 1.